The molecule has 33 heavy (non-hydrogen) atoms. The Balaban J connectivity index is 1.37. The van der Waals surface area contributed by atoms with Gasteiger partial charge in [0.2, 0.25) is 0 Å². The maximum Gasteiger partial charge on any atom is 0.148 e. The number of nitrogens with zero attached hydrogens (tertiary/aromatic N) is 2. The van der Waals surface area contributed by atoms with Crippen LogP contribution in [0.4, 0.5) is 0 Å². The molecule has 172 valence electrons. The van der Waals surface area contributed by atoms with Crippen molar-refractivity contribution in [3.05, 3.63) is 96.3 Å². The molecular weight excluding hydrogens is 607 g/mol. The Morgan fingerprint density at radius 2 is 1.52 bits per heavy atom. The van der Waals surface area contributed by atoms with Crippen LogP contribution in [0.25, 0.3) is 0 Å². The van der Waals surface area contributed by atoms with E-state index in [1.165, 1.54) is 5.56 Å². The number of benzene rings is 3. The third-order valence-corrected chi connectivity index (χ3v) is 7.93. The molecule has 0 spiro atoms. The van der Waals surface area contributed by atoms with Crippen molar-refractivity contribution in [2.24, 2.45) is 0 Å². The lowest BCUT2D eigenvalue weighted by Gasteiger charge is -2.36. The number of ether oxygens (including phenoxy) is 1. The molecule has 0 aromatic heterocycles. The van der Waals surface area contributed by atoms with Gasteiger partial charge in [0.25, 0.3) is 0 Å². The van der Waals surface area contributed by atoms with Crippen LogP contribution in [-0.4, -0.2) is 41.0 Å². The van der Waals surface area contributed by atoms with Crippen LogP contribution in [0.15, 0.2) is 69.6 Å². The second-order valence-corrected chi connectivity index (χ2v) is 10.8. The zero-order valence-corrected chi connectivity index (χ0v) is 23.2. The maximum absolute atomic E-state index is 6.11. The van der Waals surface area contributed by atoms with Crippen LogP contribution in [0.1, 0.15) is 16.7 Å². The van der Waals surface area contributed by atoms with E-state index in [4.69, 9.17) is 40.2 Å². The van der Waals surface area contributed by atoms with Gasteiger partial charge in [-0.25, -0.2) is 0 Å². The van der Waals surface area contributed by atoms with Gasteiger partial charge in [-0.1, -0.05) is 71.8 Å². The normalized spacial score (nSPS) is 14.4. The largest absolute Gasteiger partial charge is 0.487 e. The highest BCUT2D eigenvalue weighted by molar-refractivity contribution is 9.11. The van der Waals surface area contributed by atoms with Crippen LogP contribution in [0, 0.1) is 0 Å². The molecule has 0 bridgehead atoms. The molecule has 3 aromatic carbocycles. The van der Waals surface area contributed by atoms with Crippen LogP contribution in [0.2, 0.25) is 10.0 Å². The predicted octanol–water partition coefficient (Wildman–Crippen LogP) is 7.59. The minimum absolute atomic E-state index is 0.376. The molecule has 1 fully saturated rings. The van der Waals surface area contributed by atoms with Gasteiger partial charge in [-0.05, 0) is 67.3 Å². The highest BCUT2D eigenvalue weighted by Gasteiger charge is 2.21. The number of piperazine rings is 1. The molecule has 0 unspecified atom stereocenters. The molecular formula is C25H22Br2Cl2N2OS. The molecule has 3 aromatic rings. The fourth-order valence-corrected chi connectivity index (χ4v) is 5.78. The van der Waals surface area contributed by atoms with E-state index in [9.17, 15) is 0 Å². The highest BCUT2D eigenvalue weighted by atomic mass is 79.9. The van der Waals surface area contributed by atoms with Crippen molar-refractivity contribution in [3.8, 4) is 5.75 Å². The van der Waals surface area contributed by atoms with Crippen LogP contribution < -0.4 is 4.74 Å². The van der Waals surface area contributed by atoms with E-state index < -0.39 is 0 Å². The van der Waals surface area contributed by atoms with E-state index in [1.54, 1.807) is 6.07 Å². The molecule has 1 heterocycles. The predicted molar refractivity (Wildman–Crippen MR) is 148 cm³/mol. The molecule has 1 aliphatic rings. The number of hydrogen-bond acceptors (Lipinski definition) is 3. The summed E-state index contributed by atoms with van der Waals surface area (Å²) in [6.07, 6.45) is 0. The summed E-state index contributed by atoms with van der Waals surface area (Å²) in [4.78, 5) is 5.61. The second-order valence-electron chi connectivity index (χ2n) is 7.86. The Labute approximate surface area is 226 Å². The first-order valence-electron chi connectivity index (χ1n) is 10.5. The lowest BCUT2D eigenvalue weighted by molar-refractivity contribution is 0.177. The molecule has 8 heteroatoms. The molecule has 0 saturated carbocycles. The Morgan fingerprint density at radius 1 is 0.848 bits per heavy atom. The average molecular weight is 629 g/mol. The standard InChI is InChI=1S/C25H22Br2Cl2N2OS/c26-20-13-19(14-21(27)24(20)32-16-18-6-7-22(28)23(29)12-18)25(33)31-10-8-30(9-11-31)15-17-4-2-1-3-5-17/h1-7,12-14H,8-11,15-16H2. The minimum atomic E-state index is 0.376. The molecule has 0 aliphatic carbocycles. The fourth-order valence-electron chi connectivity index (χ4n) is 3.74. The zero-order chi connectivity index (χ0) is 23.4. The first-order chi connectivity index (χ1) is 15.9. The molecule has 0 amide bonds. The lowest BCUT2D eigenvalue weighted by Crippen LogP contribution is -2.48. The Kier molecular flexibility index (Phi) is 8.71. The van der Waals surface area contributed by atoms with Gasteiger partial charge >= 0.3 is 0 Å². The van der Waals surface area contributed by atoms with Gasteiger partial charge in [-0.3, -0.25) is 4.90 Å². The van der Waals surface area contributed by atoms with Gasteiger partial charge in [0.05, 0.1) is 19.0 Å². The Hall–Kier alpha value is -1.15. The Bertz CT molecular complexity index is 1120. The molecule has 0 N–H and O–H groups in total. The molecule has 0 atom stereocenters. The summed E-state index contributed by atoms with van der Waals surface area (Å²) in [7, 11) is 0. The van der Waals surface area contributed by atoms with Crippen molar-refractivity contribution >= 4 is 72.3 Å². The van der Waals surface area contributed by atoms with Crippen molar-refractivity contribution in [1.29, 1.82) is 0 Å². The second kappa shape index (κ2) is 11.5. The van der Waals surface area contributed by atoms with Crippen molar-refractivity contribution in [3.63, 3.8) is 0 Å². The van der Waals surface area contributed by atoms with Crippen molar-refractivity contribution in [2.45, 2.75) is 13.2 Å². The van der Waals surface area contributed by atoms with E-state index in [-0.39, 0.29) is 0 Å². The number of rotatable bonds is 6. The Morgan fingerprint density at radius 3 is 2.15 bits per heavy atom. The number of thiocarbonyl (C=S) groups is 1. The summed E-state index contributed by atoms with van der Waals surface area (Å²) in [5, 5.41) is 1.04. The first kappa shape index (κ1) is 25.0. The van der Waals surface area contributed by atoms with Gasteiger partial charge in [0.15, 0.2) is 0 Å². The first-order valence-corrected chi connectivity index (χ1v) is 13.3. The van der Waals surface area contributed by atoms with Crippen molar-refractivity contribution in [1.82, 2.24) is 9.80 Å². The smallest absolute Gasteiger partial charge is 0.148 e. The molecule has 4 rings (SSSR count). The van der Waals surface area contributed by atoms with Crippen LogP contribution in [-0.2, 0) is 13.2 Å². The van der Waals surface area contributed by atoms with Gasteiger partial charge < -0.3 is 9.64 Å². The summed E-state index contributed by atoms with van der Waals surface area (Å²) in [6.45, 7) is 5.15. The SMILES string of the molecule is S=C(c1cc(Br)c(OCc2ccc(Cl)c(Cl)c2)c(Br)c1)N1CCN(Cc2ccccc2)CC1. The molecule has 0 radical (unpaired) electrons. The summed E-state index contributed by atoms with van der Waals surface area (Å²) in [5.74, 6) is 0.723. The highest BCUT2D eigenvalue weighted by Crippen LogP contribution is 2.36. The topological polar surface area (TPSA) is 15.7 Å². The van der Waals surface area contributed by atoms with Crippen LogP contribution >= 0.6 is 67.3 Å². The number of hydrogen-bond donors (Lipinski definition) is 0. The summed E-state index contributed by atoms with van der Waals surface area (Å²) in [5.41, 5.74) is 3.27. The maximum atomic E-state index is 6.11. The quantitative estimate of drug-likeness (QED) is 0.261. The van der Waals surface area contributed by atoms with E-state index in [2.05, 4.69) is 72.0 Å². The van der Waals surface area contributed by atoms with Gasteiger partial charge in [0.1, 0.15) is 17.3 Å². The fraction of sp³-hybridized carbons (Fsp3) is 0.240. The van der Waals surface area contributed by atoms with E-state index in [0.717, 1.165) is 63.5 Å². The van der Waals surface area contributed by atoms with Gasteiger partial charge in [-0.2, -0.15) is 0 Å². The van der Waals surface area contributed by atoms with Crippen LogP contribution in [0.5, 0.6) is 5.75 Å². The number of halogens is 4. The third kappa shape index (κ3) is 6.50. The van der Waals surface area contributed by atoms with Crippen molar-refractivity contribution in [2.75, 3.05) is 26.2 Å². The van der Waals surface area contributed by atoms with Gasteiger partial charge in [-0.15, -0.1) is 0 Å². The molecule has 3 nitrogen and oxygen atoms in total. The average Bonchev–Trinajstić information content (AvgIpc) is 2.81. The van der Waals surface area contributed by atoms with E-state index in [0.29, 0.717) is 16.7 Å². The monoisotopic (exact) mass is 626 g/mol. The third-order valence-electron chi connectivity index (χ3n) is 5.52. The van der Waals surface area contributed by atoms with E-state index >= 15 is 0 Å². The molecule has 1 aliphatic heterocycles. The van der Waals surface area contributed by atoms with Crippen molar-refractivity contribution < 1.29 is 4.74 Å². The van der Waals surface area contributed by atoms with Crippen LogP contribution in [0.3, 0.4) is 0 Å². The van der Waals surface area contributed by atoms with Gasteiger partial charge in [0, 0.05) is 38.3 Å². The summed E-state index contributed by atoms with van der Waals surface area (Å²) < 4.78 is 7.73. The summed E-state index contributed by atoms with van der Waals surface area (Å²) in [6, 6.07) is 20.1. The zero-order valence-electron chi connectivity index (χ0n) is 17.7. The lowest BCUT2D eigenvalue weighted by atomic mass is 10.1. The van der Waals surface area contributed by atoms with E-state index in [1.807, 2.05) is 24.3 Å². The summed E-state index contributed by atoms with van der Waals surface area (Å²) >= 11 is 25.2. The molecule has 1 saturated heterocycles. The minimum Gasteiger partial charge on any atom is -0.487 e.